The Morgan fingerprint density at radius 1 is 1.36 bits per heavy atom. The molecule has 1 heterocycles. The van der Waals surface area contributed by atoms with Crippen molar-refractivity contribution in [1.29, 1.82) is 0 Å². The van der Waals surface area contributed by atoms with E-state index < -0.39 is 27.0 Å². The number of sulfonamides is 1. The van der Waals surface area contributed by atoms with Gasteiger partial charge in [-0.15, -0.1) is 0 Å². The van der Waals surface area contributed by atoms with E-state index in [1.54, 1.807) is 0 Å². The number of nitro benzene ring substituents is 1. The van der Waals surface area contributed by atoms with E-state index >= 15 is 0 Å². The van der Waals surface area contributed by atoms with Gasteiger partial charge in [-0.1, -0.05) is 12.5 Å². The van der Waals surface area contributed by atoms with Crippen LogP contribution >= 0.6 is 0 Å². The van der Waals surface area contributed by atoms with Crippen molar-refractivity contribution in [3.63, 3.8) is 0 Å². The molecule has 120 valence electrons. The molecule has 1 aliphatic rings. The van der Waals surface area contributed by atoms with Gasteiger partial charge in [0.15, 0.2) is 0 Å². The first-order valence-electron chi connectivity index (χ1n) is 6.73. The molecule has 9 heteroatoms. The summed E-state index contributed by atoms with van der Waals surface area (Å²) in [5, 5.41) is 22.0. The number of aliphatic carboxylic acids is 1. The Balaban J connectivity index is 2.51. The summed E-state index contributed by atoms with van der Waals surface area (Å²) >= 11 is 0. The van der Waals surface area contributed by atoms with E-state index in [1.807, 2.05) is 0 Å². The molecule has 1 aliphatic heterocycles. The number of nitrogens with zero attached hydrogens (tertiary/aromatic N) is 2. The second-order valence-corrected chi connectivity index (χ2v) is 7.01. The van der Waals surface area contributed by atoms with Gasteiger partial charge in [-0.3, -0.25) is 10.1 Å². The summed E-state index contributed by atoms with van der Waals surface area (Å²) in [7, 11) is -4.13. The minimum absolute atomic E-state index is 0.0586. The van der Waals surface area contributed by atoms with Crippen LogP contribution in [0.15, 0.2) is 23.1 Å². The fourth-order valence-corrected chi connectivity index (χ4v) is 4.43. The number of benzene rings is 1. The van der Waals surface area contributed by atoms with Crippen molar-refractivity contribution in [2.75, 3.05) is 6.54 Å². The lowest BCUT2D eigenvalue weighted by atomic mass is 10.1. The molecule has 1 fully saturated rings. The molecule has 1 atom stereocenters. The minimum atomic E-state index is -4.13. The van der Waals surface area contributed by atoms with Gasteiger partial charge in [-0.05, 0) is 25.3 Å². The fourth-order valence-electron chi connectivity index (χ4n) is 2.53. The Kier molecular flexibility index (Phi) is 4.47. The first kappa shape index (κ1) is 16.4. The Labute approximate surface area is 127 Å². The second kappa shape index (κ2) is 6.01. The van der Waals surface area contributed by atoms with Crippen molar-refractivity contribution >= 4 is 21.7 Å². The van der Waals surface area contributed by atoms with Crippen molar-refractivity contribution in [2.24, 2.45) is 0 Å². The van der Waals surface area contributed by atoms with Crippen LogP contribution in [0.3, 0.4) is 0 Å². The molecule has 1 saturated heterocycles. The summed E-state index contributed by atoms with van der Waals surface area (Å²) in [5.74, 6) is -1.45. The number of carboxylic acid groups (broad SMARTS) is 1. The van der Waals surface area contributed by atoms with Crippen molar-refractivity contribution in [3.8, 4) is 0 Å². The zero-order chi connectivity index (χ0) is 16.5. The molecule has 8 nitrogen and oxygen atoms in total. The van der Waals surface area contributed by atoms with Gasteiger partial charge in [0.25, 0.3) is 5.69 Å². The Bertz CT molecular complexity index is 715. The molecule has 0 unspecified atom stereocenters. The van der Waals surface area contributed by atoms with Gasteiger partial charge in [-0.25, -0.2) is 8.42 Å². The number of aryl methyl sites for hydroxylation is 1. The van der Waals surface area contributed by atoms with Gasteiger partial charge in [0.1, 0.15) is 0 Å². The SMILES string of the molecule is Cc1ccc([N+](=O)[O-])cc1S(=O)(=O)N1CCCC[C@@H]1C(=O)[O-]. The summed E-state index contributed by atoms with van der Waals surface area (Å²) in [4.78, 5) is 21.1. The van der Waals surface area contributed by atoms with Crippen LogP contribution in [0.1, 0.15) is 24.8 Å². The van der Waals surface area contributed by atoms with Crippen LogP contribution in [0, 0.1) is 17.0 Å². The van der Waals surface area contributed by atoms with E-state index in [9.17, 15) is 28.4 Å². The maximum atomic E-state index is 12.7. The highest BCUT2D eigenvalue weighted by Gasteiger charge is 2.35. The van der Waals surface area contributed by atoms with Crippen molar-refractivity contribution in [3.05, 3.63) is 33.9 Å². The molecule has 0 radical (unpaired) electrons. The van der Waals surface area contributed by atoms with Crippen LogP contribution < -0.4 is 5.11 Å². The van der Waals surface area contributed by atoms with Crippen molar-refractivity contribution in [2.45, 2.75) is 37.1 Å². The number of hydrogen-bond acceptors (Lipinski definition) is 6. The predicted molar refractivity (Wildman–Crippen MR) is 74.4 cm³/mol. The lowest BCUT2D eigenvalue weighted by Gasteiger charge is -2.35. The summed E-state index contributed by atoms with van der Waals surface area (Å²) in [6.45, 7) is 1.57. The standard InChI is InChI=1S/C13H16N2O6S/c1-9-5-6-10(15(18)19)8-12(9)22(20,21)14-7-3-2-4-11(14)13(16)17/h5-6,8,11H,2-4,7H2,1H3,(H,16,17)/p-1/t11-/m1/s1. The van der Waals surface area contributed by atoms with E-state index in [0.717, 1.165) is 10.4 Å². The Morgan fingerprint density at radius 3 is 2.64 bits per heavy atom. The highest BCUT2D eigenvalue weighted by molar-refractivity contribution is 7.89. The van der Waals surface area contributed by atoms with Gasteiger partial charge in [0, 0.05) is 18.7 Å². The molecule has 1 aromatic carbocycles. The molecule has 2 rings (SSSR count). The largest absolute Gasteiger partial charge is 0.548 e. The van der Waals surface area contributed by atoms with Crippen LogP contribution in [0.5, 0.6) is 0 Å². The molecule has 0 spiro atoms. The topological polar surface area (TPSA) is 121 Å². The quantitative estimate of drug-likeness (QED) is 0.575. The maximum Gasteiger partial charge on any atom is 0.270 e. The van der Waals surface area contributed by atoms with Crippen LogP contribution in [-0.2, 0) is 14.8 Å². The smallest absolute Gasteiger partial charge is 0.270 e. The third-order valence-electron chi connectivity index (χ3n) is 3.69. The molecule has 0 amide bonds. The van der Waals surface area contributed by atoms with Crippen molar-refractivity contribution in [1.82, 2.24) is 4.31 Å². The predicted octanol–water partition coefficient (Wildman–Crippen LogP) is 0.196. The molecule has 0 bridgehead atoms. The molecule has 0 aromatic heterocycles. The van der Waals surface area contributed by atoms with Crippen LogP contribution in [0.25, 0.3) is 0 Å². The molecular weight excluding hydrogens is 312 g/mol. The van der Waals surface area contributed by atoms with Gasteiger partial charge < -0.3 is 9.90 Å². The lowest BCUT2D eigenvalue weighted by Crippen LogP contribution is -2.52. The zero-order valence-corrected chi connectivity index (χ0v) is 12.7. The third kappa shape index (κ3) is 2.95. The van der Waals surface area contributed by atoms with Gasteiger partial charge in [0.05, 0.1) is 21.8 Å². The van der Waals surface area contributed by atoms with Gasteiger partial charge in [0.2, 0.25) is 10.0 Å². The average molecular weight is 327 g/mol. The van der Waals surface area contributed by atoms with E-state index in [2.05, 4.69) is 0 Å². The summed E-state index contributed by atoms with van der Waals surface area (Å²) in [5.41, 5.74) is -0.0283. The Morgan fingerprint density at radius 2 is 2.05 bits per heavy atom. The molecule has 0 aliphatic carbocycles. The minimum Gasteiger partial charge on any atom is -0.548 e. The molecule has 0 N–H and O–H groups in total. The van der Waals surface area contributed by atoms with E-state index in [0.29, 0.717) is 18.4 Å². The number of carbonyl (C=O) groups excluding carboxylic acids is 1. The van der Waals surface area contributed by atoms with Gasteiger partial charge >= 0.3 is 0 Å². The van der Waals surface area contributed by atoms with Crippen molar-refractivity contribution < 1.29 is 23.2 Å². The highest BCUT2D eigenvalue weighted by atomic mass is 32.2. The summed E-state index contributed by atoms with van der Waals surface area (Å²) in [6, 6.07) is 2.27. The number of rotatable bonds is 4. The fraction of sp³-hybridized carbons (Fsp3) is 0.462. The summed E-state index contributed by atoms with van der Waals surface area (Å²) in [6.07, 6.45) is 1.31. The second-order valence-electron chi connectivity index (χ2n) is 5.15. The summed E-state index contributed by atoms with van der Waals surface area (Å²) < 4.78 is 26.3. The monoisotopic (exact) mass is 327 g/mol. The third-order valence-corrected chi connectivity index (χ3v) is 5.75. The maximum absolute atomic E-state index is 12.7. The van der Waals surface area contributed by atoms with E-state index in [-0.39, 0.29) is 23.5 Å². The zero-order valence-electron chi connectivity index (χ0n) is 11.9. The molecular formula is C13H15N2O6S-. The van der Waals surface area contributed by atoms with Crippen LogP contribution in [-0.4, -0.2) is 36.2 Å². The number of nitro groups is 1. The van der Waals surface area contributed by atoms with Crippen LogP contribution in [0.2, 0.25) is 0 Å². The molecule has 1 aromatic rings. The first-order valence-corrected chi connectivity index (χ1v) is 8.17. The van der Waals surface area contributed by atoms with Gasteiger partial charge in [-0.2, -0.15) is 4.31 Å². The number of piperidine rings is 1. The molecule has 22 heavy (non-hydrogen) atoms. The van der Waals surface area contributed by atoms with E-state index in [4.69, 9.17) is 0 Å². The number of carbonyl (C=O) groups is 1. The lowest BCUT2D eigenvalue weighted by molar-refractivity contribution is -0.385. The van der Waals surface area contributed by atoms with Crippen LogP contribution in [0.4, 0.5) is 5.69 Å². The molecule has 0 saturated carbocycles. The van der Waals surface area contributed by atoms with E-state index in [1.165, 1.54) is 19.1 Å². The Hall–Kier alpha value is -2.00. The number of non-ortho nitro benzene ring substituents is 1. The average Bonchev–Trinajstić information content (AvgIpc) is 2.47. The normalized spacial score (nSPS) is 19.8. The number of hydrogen-bond donors (Lipinski definition) is 0. The first-order chi connectivity index (χ1) is 10.2. The number of carboxylic acids is 1. The highest BCUT2D eigenvalue weighted by Crippen LogP contribution is 2.29.